The van der Waals surface area contributed by atoms with Crippen LogP contribution in [-0.4, -0.2) is 16.9 Å². The van der Waals surface area contributed by atoms with E-state index in [4.69, 9.17) is 4.74 Å². The highest BCUT2D eigenvalue weighted by Gasteiger charge is 2.09. The lowest BCUT2D eigenvalue weighted by Gasteiger charge is -2.16. The zero-order chi connectivity index (χ0) is 17.5. The smallest absolute Gasteiger partial charge is 0.244 e. The first-order valence-electron chi connectivity index (χ1n) is 8.07. The average molecular weight is 344 g/mol. The van der Waals surface area contributed by atoms with Crippen LogP contribution in [0, 0.1) is 12.8 Å². The van der Waals surface area contributed by atoms with Crippen LogP contribution in [0.15, 0.2) is 35.7 Å². The molecule has 0 saturated carbocycles. The van der Waals surface area contributed by atoms with E-state index >= 15 is 0 Å². The Bertz CT molecular complexity index is 707. The van der Waals surface area contributed by atoms with Gasteiger partial charge >= 0.3 is 0 Å². The highest BCUT2D eigenvalue weighted by Crippen LogP contribution is 2.21. The second-order valence-corrected chi connectivity index (χ2v) is 7.12. The molecular formula is C19H24N2O2S. The molecule has 24 heavy (non-hydrogen) atoms. The summed E-state index contributed by atoms with van der Waals surface area (Å²) in [5, 5.41) is 5.97. The number of ether oxygens (including phenoxy) is 1. The van der Waals surface area contributed by atoms with Gasteiger partial charge in [0.05, 0.1) is 10.7 Å². The Morgan fingerprint density at radius 1 is 1.33 bits per heavy atom. The van der Waals surface area contributed by atoms with Crippen LogP contribution in [0.5, 0.6) is 5.75 Å². The summed E-state index contributed by atoms with van der Waals surface area (Å²) in [4.78, 5) is 16.4. The monoisotopic (exact) mass is 344 g/mol. The van der Waals surface area contributed by atoms with Crippen LogP contribution in [-0.2, 0) is 11.4 Å². The third-order valence-corrected chi connectivity index (χ3v) is 4.57. The number of aromatic nitrogens is 1. The van der Waals surface area contributed by atoms with Crippen LogP contribution in [0.4, 0.5) is 0 Å². The summed E-state index contributed by atoms with van der Waals surface area (Å²) in [6, 6.07) is 7.81. The molecule has 0 saturated heterocycles. The van der Waals surface area contributed by atoms with Crippen LogP contribution >= 0.6 is 11.3 Å². The molecule has 1 atom stereocenters. The summed E-state index contributed by atoms with van der Waals surface area (Å²) in [6.45, 7) is 8.56. The minimum atomic E-state index is -0.0962. The first-order chi connectivity index (χ1) is 11.5. The van der Waals surface area contributed by atoms with Gasteiger partial charge in [-0.25, -0.2) is 4.98 Å². The number of benzene rings is 1. The van der Waals surface area contributed by atoms with Crippen LogP contribution in [0.3, 0.4) is 0 Å². The number of hydrogen-bond acceptors (Lipinski definition) is 4. The molecule has 128 valence electrons. The van der Waals surface area contributed by atoms with E-state index in [-0.39, 0.29) is 11.9 Å². The first-order valence-corrected chi connectivity index (χ1v) is 8.95. The number of thiazole rings is 1. The summed E-state index contributed by atoms with van der Waals surface area (Å²) in [5.41, 5.74) is 1.79. The molecule has 5 heteroatoms. The van der Waals surface area contributed by atoms with Gasteiger partial charge in [0.25, 0.3) is 0 Å². The van der Waals surface area contributed by atoms with E-state index in [0.29, 0.717) is 12.5 Å². The molecule has 0 fully saturated rings. The molecule has 1 heterocycles. The molecule has 1 aromatic carbocycles. The lowest BCUT2D eigenvalue weighted by molar-refractivity contribution is -0.117. The van der Waals surface area contributed by atoms with E-state index in [1.165, 1.54) is 0 Å². The Labute approximate surface area is 147 Å². The number of amides is 1. The second-order valence-electron chi connectivity index (χ2n) is 6.06. The maximum absolute atomic E-state index is 12.0. The normalized spacial score (nSPS) is 12.5. The molecule has 0 aliphatic carbocycles. The Kier molecular flexibility index (Phi) is 6.55. The topological polar surface area (TPSA) is 51.2 Å². The van der Waals surface area contributed by atoms with Gasteiger partial charge in [0, 0.05) is 23.1 Å². The summed E-state index contributed by atoms with van der Waals surface area (Å²) in [5.74, 6) is 1.05. The van der Waals surface area contributed by atoms with Gasteiger partial charge < -0.3 is 10.1 Å². The van der Waals surface area contributed by atoms with Crippen molar-refractivity contribution >= 4 is 23.3 Å². The molecule has 2 rings (SSSR count). The number of carbonyl (C=O) groups is 1. The standard InChI is InChI=1S/C19H24N2O2S/c1-13(2)14(3)20-19(22)10-9-16-7-5-6-8-18(16)23-11-17-12-24-15(4)21-17/h5-10,12-14H,11H2,1-4H3,(H,20,22)/b10-9+. The molecule has 0 spiro atoms. The fourth-order valence-electron chi connectivity index (χ4n) is 1.98. The minimum Gasteiger partial charge on any atom is -0.487 e. The molecular weight excluding hydrogens is 320 g/mol. The molecule has 1 amide bonds. The fraction of sp³-hybridized carbons (Fsp3) is 0.368. The van der Waals surface area contributed by atoms with Gasteiger partial charge in [-0.15, -0.1) is 11.3 Å². The van der Waals surface area contributed by atoms with E-state index < -0.39 is 0 Å². The zero-order valence-electron chi connectivity index (χ0n) is 14.6. The Morgan fingerprint density at radius 3 is 2.75 bits per heavy atom. The van der Waals surface area contributed by atoms with Crippen LogP contribution < -0.4 is 10.1 Å². The molecule has 2 aromatic rings. The molecule has 0 aliphatic rings. The molecule has 1 aromatic heterocycles. The maximum atomic E-state index is 12.0. The van der Waals surface area contributed by atoms with Gasteiger partial charge in [0.15, 0.2) is 0 Å². The third kappa shape index (κ3) is 5.49. The van der Waals surface area contributed by atoms with Gasteiger partial charge in [-0.1, -0.05) is 32.0 Å². The molecule has 1 unspecified atom stereocenters. The largest absolute Gasteiger partial charge is 0.487 e. The van der Waals surface area contributed by atoms with Crippen molar-refractivity contribution in [1.29, 1.82) is 0 Å². The molecule has 1 N–H and O–H groups in total. The average Bonchev–Trinajstić information content (AvgIpc) is 2.97. The minimum absolute atomic E-state index is 0.0962. The van der Waals surface area contributed by atoms with Gasteiger partial charge in [-0.05, 0) is 31.9 Å². The van der Waals surface area contributed by atoms with Crippen molar-refractivity contribution in [2.24, 2.45) is 5.92 Å². The fourth-order valence-corrected chi connectivity index (χ4v) is 2.58. The van der Waals surface area contributed by atoms with Crippen molar-refractivity contribution in [2.75, 3.05) is 0 Å². The predicted octanol–water partition coefficient (Wildman–Crippen LogP) is 4.20. The Morgan fingerprint density at radius 2 is 2.08 bits per heavy atom. The summed E-state index contributed by atoms with van der Waals surface area (Å²) < 4.78 is 5.85. The van der Waals surface area contributed by atoms with Gasteiger partial charge in [-0.3, -0.25) is 4.79 Å². The lowest BCUT2D eigenvalue weighted by atomic mass is 10.1. The van der Waals surface area contributed by atoms with E-state index in [9.17, 15) is 4.79 Å². The highest BCUT2D eigenvalue weighted by atomic mass is 32.1. The van der Waals surface area contributed by atoms with Crippen molar-refractivity contribution < 1.29 is 9.53 Å². The van der Waals surface area contributed by atoms with Crippen molar-refractivity contribution in [3.8, 4) is 5.75 Å². The molecule has 0 bridgehead atoms. The van der Waals surface area contributed by atoms with Crippen molar-refractivity contribution in [3.05, 3.63) is 52.0 Å². The quantitative estimate of drug-likeness (QED) is 0.766. The lowest BCUT2D eigenvalue weighted by Crippen LogP contribution is -2.34. The number of para-hydroxylation sites is 1. The van der Waals surface area contributed by atoms with Gasteiger partial charge in [-0.2, -0.15) is 0 Å². The van der Waals surface area contributed by atoms with E-state index in [0.717, 1.165) is 22.0 Å². The van der Waals surface area contributed by atoms with E-state index in [1.807, 2.05) is 43.5 Å². The van der Waals surface area contributed by atoms with Crippen molar-refractivity contribution in [2.45, 2.75) is 40.3 Å². The molecule has 0 radical (unpaired) electrons. The maximum Gasteiger partial charge on any atom is 0.244 e. The van der Waals surface area contributed by atoms with E-state index in [2.05, 4.69) is 24.1 Å². The van der Waals surface area contributed by atoms with Crippen LogP contribution in [0.25, 0.3) is 6.08 Å². The summed E-state index contributed by atoms with van der Waals surface area (Å²) in [7, 11) is 0. The summed E-state index contributed by atoms with van der Waals surface area (Å²) >= 11 is 1.61. The number of carbonyl (C=O) groups excluding carboxylic acids is 1. The van der Waals surface area contributed by atoms with Gasteiger partial charge in [0.1, 0.15) is 12.4 Å². The summed E-state index contributed by atoms with van der Waals surface area (Å²) in [6.07, 6.45) is 3.33. The molecule has 4 nitrogen and oxygen atoms in total. The SMILES string of the molecule is Cc1nc(COc2ccccc2/C=C/C(=O)NC(C)C(C)C)cs1. The van der Waals surface area contributed by atoms with Gasteiger partial charge in [0.2, 0.25) is 5.91 Å². The Balaban J connectivity index is 2.00. The second kappa shape index (κ2) is 8.64. The number of rotatable bonds is 7. The third-order valence-electron chi connectivity index (χ3n) is 3.75. The van der Waals surface area contributed by atoms with Crippen LogP contribution in [0.2, 0.25) is 0 Å². The van der Waals surface area contributed by atoms with Crippen LogP contribution in [0.1, 0.15) is 37.0 Å². The molecule has 0 aliphatic heterocycles. The van der Waals surface area contributed by atoms with Crippen molar-refractivity contribution in [1.82, 2.24) is 10.3 Å². The first kappa shape index (κ1) is 18.2. The number of aryl methyl sites for hydroxylation is 1. The van der Waals surface area contributed by atoms with E-state index in [1.54, 1.807) is 23.5 Å². The van der Waals surface area contributed by atoms with Crippen molar-refractivity contribution in [3.63, 3.8) is 0 Å². The predicted molar refractivity (Wildman–Crippen MR) is 99.1 cm³/mol. The number of hydrogen-bond donors (Lipinski definition) is 1. The highest BCUT2D eigenvalue weighted by molar-refractivity contribution is 7.09. The number of nitrogens with zero attached hydrogens (tertiary/aromatic N) is 1. The zero-order valence-corrected chi connectivity index (χ0v) is 15.4. The Hall–Kier alpha value is -2.14. The number of nitrogens with one attached hydrogen (secondary N) is 1.